The molecular formula is C5H4BrNO3. The van der Waals surface area contributed by atoms with Gasteiger partial charge in [-0.05, 0) is 22.0 Å². The Labute approximate surface area is 64.9 Å². The molecule has 0 radical (unpaired) electrons. The van der Waals surface area contributed by atoms with E-state index in [1.807, 2.05) is 0 Å². The number of carbonyl (C=O) groups is 1. The molecule has 54 valence electrons. The molecule has 1 heterocycles. The highest BCUT2D eigenvalue weighted by atomic mass is 79.9. The first-order valence-corrected chi connectivity index (χ1v) is 3.22. The molecule has 0 saturated heterocycles. The van der Waals surface area contributed by atoms with E-state index in [1.165, 1.54) is 17.8 Å². The number of furan rings is 1. The predicted octanol–water partition coefficient (Wildman–Crippen LogP) is 1.16. The van der Waals surface area contributed by atoms with Crippen molar-refractivity contribution in [1.82, 2.24) is 5.48 Å². The fourth-order valence-corrected chi connectivity index (χ4v) is 0.936. The molecule has 4 nitrogen and oxygen atoms in total. The lowest BCUT2D eigenvalue weighted by atomic mass is 10.3. The molecule has 1 amide bonds. The van der Waals surface area contributed by atoms with E-state index < -0.39 is 5.91 Å². The van der Waals surface area contributed by atoms with Crippen molar-refractivity contribution in [2.24, 2.45) is 0 Å². The van der Waals surface area contributed by atoms with Gasteiger partial charge in [0.1, 0.15) is 0 Å². The second kappa shape index (κ2) is 2.85. The van der Waals surface area contributed by atoms with Crippen LogP contribution in [0.15, 0.2) is 21.4 Å². The summed E-state index contributed by atoms with van der Waals surface area (Å²) >= 11 is 2.97. The lowest BCUT2D eigenvalue weighted by Gasteiger charge is -1.91. The number of halogens is 1. The van der Waals surface area contributed by atoms with Gasteiger partial charge in [-0.15, -0.1) is 0 Å². The Hall–Kier alpha value is -0.810. The Morgan fingerprint density at radius 3 is 2.90 bits per heavy atom. The van der Waals surface area contributed by atoms with Gasteiger partial charge >= 0.3 is 0 Å². The first-order chi connectivity index (χ1) is 4.75. The second-order valence-electron chi connectivity index (χ2n) is 1.55. The molecule has 10 heavy (non-hydrogen) atoms. The molecular weight excluding hydrogens is 202 g/mol. The first kappa shape index (κ1) is 7.30. The topological polar surface area (TPSA) is 62.5 Å². The molecule has 0 bridgehead atoms. The standard InChI is InChI=1S/C5H4BrNO3/c6-4-3(1-2-10-4)5(8)7-9/h1-2,9H,(H,7,8). The van der Waals surface area contributed by atoms with Crippen LogP contribution in [0.2, 0.25) is 0 Å². The van der Waals surface area contributed by atoms with Crippen molar-refractivity contribution >= 4 is 21.8 Å². The van der Waals surface area contributed by atoms with Crippen LogP contribution in [-0.2, 0) is 0 Å². The van der Waals surface area contributed by atoms with E-state index >= 15 is 0 Å². The third-order valence-electron chi connectivity index (χ3n) is 0.964. The molecule has 1 aromatic rings. The van der Waals surface area contributed by atoms with Gasteiger partial charge < -0.3 is 4.42 Å². The summed E-state index contributed by atoms with van der Waals surface area (Å²) in [5.41, 5.74) is 1.75. The number of hydroxylamine groups is 1. The number of hydrogen-bond donors (Lipinski definition) is 2. The van der Waals surface area contributed by atoms with Crippen LogP contribution in [0.25, 0.3) is 0 Å². The summed E-state index contributed by atoms with van der Waals surface area (Å²) in [6.07, 6.45) is 1.34. The average molecular weight is 206 g/mol. The maximum atomic E-state index is 10.6. The van der Waals surface area contributed by atoms with E-state index in [0.717, 1.165) is 0 Å². The lowest BCUT2D eigenvalue weighted by molar-refractivity contribution is 0.0704. The third kappa shape index (κ3) is 1.19. The molecule has 0 fully saturated rings. The Kier molecular flexibility index (Phi) is 2.08. The summed E-state index contributed by atoms with van der Waals surface area (Å²) < 4.78 is 5.04. The van der Waals surface area contributed by atoms with Crippen LogP contribution in [0.5, 0.6) is 0 Å². The summed E-state index contributed by atoms with van der Waals surface area (Å²) in [5, 5.41) is 8.17. The van der Waals surface area contributed by atoms with E-state index in [2.05, 4.69) is 15.9 Å². The molecule has 0 unspecified atom stereocenters. The fourth-order valence-electron chi connectivity index (χ4n) is 0.516. The number of hydrogen-bond acceptors (Lipinski definition) is 3. The molecule has 5 heteroatoms. The van der Waals surface area contributed by atoms with Crippen LogP contribution in [0.3, 0.4) is 0 Å². The molecule has 0 aromatic carbocycles. The molecule has 0 aliphatic heterocycles. The Balaban J connectivity index is 2.93. The molecule has 0 aliphatic rings. The number of rotatable bonds is 1. The van der Waals surface area contributed by atoms with Gasteiger partial charge in [0.05, 0.1) is 11.8 Å². The van der Waals surface area contributed by atoms with E-state index in [0.29, 0.717) is 4.67 Å². The maximum absolute atomic E-state index is 10.6. The van der Waals surface area contributed by atoms with Gasteiger partial charge in [-0.25, -0.2) is 5.48 Å². The normalized spacial score (nSPS) is 9.40. The summed E-state index contributed by atoms with van der Waals surface area (Å²) in [5.74, 6) is -0.597. The van der Waals surface area contributed by atoms with E-state index in [-0.39, 0.29) is 5.56 Å². The van der Waals surface area contributed by atoms with Gasteiger partial charge in [-0.2, -0.15) is 0 Å². The van der Waals surface area contributed by atoms with E-state index in [9.17, 15) is 4.79 Å². The van der Waals surface area contributed by atoms with Crippen molar-refractivity contribution in [3.63, 3.8) is 0 Å². The molecule has 0 saturated carbocycles. The van der Waals surface area contributed by atoms with Crippen molar-refractivity contribution < 1.29 is 14.4 Å². The van der Waals surface area contributed by atoms with Crippen molar-refractivity contribution in [3.05, 3.63) is 22.6 Å². The zero-order valence-electron chi connectivity index (χ0n) is 4.80. The highest BCUT2D eigenvalue weighted by molar-refractivity contribution is 9.10. The minimum absolute atomic E-state index is 0.266. The minimum Gasteiger partial charge on any atom is -0.457 e. The van der Waals surface area contributed by atoms with Gasteiger partial charge in [-0.1, -0.05) is 0 Å². The zero-order valence-corrected chi connectivity index (χ0v) is 6.38. The number of carbonyl (C=O) groups excluding carboxylic acids is 1. The maximum Gasteiger partial charge on any atom is 0.279 e. The summed E-state index contributed by atoms with van der Waals surface area (Å²) in [6, 6.07) is 1.44. The number of amides is 1. The van der Waals surface area contributed by atoms with Crippen molar-refractivity contribution in [2.45, 2.75) is 0 Å². The van der Waals surface area contributed by atoms with Crippen molar-refractivity contribution in [3.8, 4) is 0 Å². The highest BCUT2D eigenvalue weighted by Gasteiger charge is 2.10. The quantitative estimate of drug-likeness (QED) is 0.535. The van der Waals surface area contributed by atoms with Crippen LogP contribution in [0.1, 0.15) is 10.4 Å². The Bertz CT molecular complexity index is 245. The molecule has 0 atom stereocenters. The predicted molar refractivity (Wildman–Crippen MR) is 35.7 cm³/mol. The van der Waals surface area contributed by atoms with Crippen LogP contribution >= 0.6 is 15.9 Å². The SMILES string of the molecule is O=C(NO)c1ccoc1Br. The summed E-state index contributed by atoms with van der Waals surface area (Å²) in [4.78, 5) is 10.6. The summed E-state index contributed by atoms with van der Waals surface area (Å²) in [7, 11) is 0. The van der Waals surface area contributed by atoms with Crippen molar-refractivity contribution in [1.29, 1.82) is 0 Å². The van der Waals surface area contributed by atoms with E-state index in [4.69, 9.17) is 9.62 Å². The van der Waals surface area contributed by atoms with Crippen LogP contribution in [-0.4, -0.2) is 11.1 Å². The fraction of sp³-hybridized carbons (Fsp3) is 0. The highest BCUT2D eigenvalue weighted by Crippen LogP contribution is 2.16. The minimum atomic E-state index is -0.597. The zero-order chi connectivity index (χ0) is 7.56. The Morgan fingerprint density at radius 2 is 2.50 bits per heavy atom. The molecule has 1 rings (SSSR count). The average Bonchev–Trinajstić information content (AvgIpc) is 2.34. The van der Waals surface area contributed by atoms with Crippen LogP contribution in [0.4, 0.5) is 0 Å². The lowest BCUT2D eigenvalue weighted by Crippen LogP contribution is -2.18. The van der Waals surface area contributed by atoms with Crippen LogP contribution < -0.4 is 5.48 Å². The van der Waals surface area contributed by atoms with E-state index in [1.54, 1.807) is 0 Å². The monoisotopic (exact) mass is 205 g/mol. The smallest absolute Gasteiger partial charge is 0.279 e. The number of nitrogens with one attached hydrogen (secondary N) is 1. The molecule has 0 aliphatic carbocycles. The first-order valence-electron chi connectivity index (χ1n) is 2.43. The molecule has 2 N–H and O–H groups in total. The van der Waals surface area contributed by atoms with Gasteiger partial charge in [0.2, 0.25) is 0 Å². The van der Waals surface area contributed by atoms with Gasteiger partial charge in [0.25, 0.3) is 5.91 Å². The van der Waals surface area contributed by atoms with Gasteiger partial charge in [0, 0.05) is 0 Å². The van der Waals surface area contributed by atoms with Crippen molar-refractivity contribution in [2.75, 3.05) is 0 Å². The largest absolute Gasteiger partial charge is 0.457 e. The van der Waals surface area contributed by atoms with Gasteiger partial charge in [-0.3, -0.25) is 10.0 Å². The third-order valence-corrected chi connectivity index (χ3v) is 1.58. The Morgan fingerprint density at radius 1 is 1.80 bits per heavy atom. The van der Waals surface area contributed by atoms with Gasteiger partial charge in [0.15, 0.2) is 4.67 Å². The second-order valence-corrected chi connectivity index (χ2v) is 2.27. The summed E-state index contributed by atoms with van der Waals surface area (Å²) in [6.45, 7) is 0. The molecule has 0 spiro atoms. The molecule has 1 aromatic heterocycles. The van der Waals surface area contributed by atoms with Crippen LogP contribution in [0, 0.1) is 0 Å².